The third-order valence-corrected chi connectivity index (χ3v) is 9.87. The van der Waals surface area contributed by atoms with Gasteiger partial charge in [0.2, 0.25) is 0 Å². The van der Waals surface area contributed by atoms with E-state index in [1.807, 2.05) is 4.90 Å². The average Bonchev–Trinajstić information content (AvgIpc) is 3.16. The van der Waals surface area contributed by atoms with Crippen LogP contribution in [0.3, 0.4) is 0 Å². The first kappa shape index (κ1) is 51.6. The molecule has 0 saturated carbocycles. The molecule has 0 radical (unpaired) electrons. The van der Waals surface area contributed by atoms with Crippen LogP contribution in [-0.4, -0.2) is 99.0 Å². The number of carbonyl (C=O) groups is 2. The molecule has 1 amide bonds. The first-order valence-corrected chi connectivity index (χ1v) is 22.7. The summed E-state index contributed by atoms with van der Waals surface area (Å²) >= 11 is 0. The number of esters is 1. The molecule has 0 atom stereocenters. The average molecular weight is 757 g/mol. The quantitative estimate of drug-likeness (QED) is 0.0373. The Labute approximate surface area is 328 Å². The molecule has 0 aliphatic heterocycles. The van der Waals surface area contributed by atoms with Gasteiger partial charge in [-0.15, -0.1) is 0 Å². The molecule has 1 N–H and O–H groups in total. The normalized spacial score (nSPS) is 11.5. The van der Waals surface area contributed by atoms with Gasteiger partial charge >= 0.3 is 12.1 Å². The topological polar surface area (TPSA) is 97.8 Å². The van der Waals surface area contributed by atoms with Crippen LogP contribution in [0.1, 0.15) is 201 Å². The zero-order valence-electron chi connectivity index (χ0n) is 35.5. The van der Waals surface area contributed by atoms with Gasteiger partial charge in [0, 0.05) is 45.9 Å². The summed E-state index contributed by atoms with van der Waals surface area (Å²) in [6.45, 7) is 15.7. The van der Waals surface area contributed by atoms with Gasteiger partial charge in [-0.1, -0.05) is 130 Å². The van der Waals surface area contributed by atoms with Crippen LogP contribution in [0.25, 0.3) is 0 Å². The number of amides is 1. The van der Waals surface area contributed by atoms with Crippen molar-refractivity contribution in [3.8, 4) is 0 Å². The van der Waals surface area contributed by atoms with Crippen LogP contribution in [0.15, 0.2) is 0 Å². The number of nitrogens with zero attached hydrogens (tertiary/aromatic N) is 2. The number of rotatable bonds is 42. The highest BCUT2D eigenvalue weighted by molar-refractivity contribution is 5.69. The van der Waals surface area contributed by atoms with Crippen LogP contribution < -0.4 is 0 Å². The maximum Gasteiger partial charge on any atom is 0.409 e. The van der Waals surface area contributed by atoms with Gasteiger partial charge in [0.05, 0.1) is 19.6 Å². The third-order valence-electron chi connectivity index (χ3n) is 9.87. The Morgan fingerprint density at radius 3 is 1.43 bits per heavy atom. The van der Waals surface area contributed by atoms with Crippen molar-refractivity contribution in [3.05, 3.63) is 0 Å². The Kier molecular flexibility index (Phi) is 40.6. The lowest BCUT2D eigenvalue weighted by Crippen LogP contribution is -2.33. The smallest absolute Gasteiger partial charge is 0.409 e. The molecule has 0 aromatic carbocycles. The molecule has 0 aromatic heterocycles. The minimum atomic E-state index is -0.337. The van der Waals surface area contributed by atoms with Gasteiger partial charge in [0.25, 0.3) is 0 Å². The maximum absolute atomic E-state index is 12.9. The molecule has 0 rings (SSSR count). The summed E-state index contributed by atoms with van der Waals surface area (Å²) < 4.78 is 23.3. The molecule has 316 valence electrons. The van der Waals surface area contributed by atoms with E-state index in [-0.39, 0.29) is 25.0 Å². The fourth-order valence-corrected chi connectivity index (χ4v) is 6.41. The molecule has 0 spiro atoms. The Morgan fingerprint density at radius 1 is 0.472 bits per heavy atom. The number of hydrogen-bond acceptors (Lipinski definition) is 8. The van der Waals surface area contributed by atoms with E-state index in [1.54, 1.807) is 0 Å². The largest absolute Gasteiger partial charge is 0.466 e. The number of ether oxygens (including phenoxy) is 4. The van der Waals surface area contributed by atoms with Gasteiger partial charge in [0.15, 0.2) is 6.29 Å². The molecular formula is C44H88N2O7. The first-order valence-electron chi connectivity index (χ1n) is 22.7. The molecule has 0 saturated heterocycles. The maximum atomic E-state index is 12.9. The lowest BCUT2D eigenvalue weighted by Gasteiger charge is -2.22. The predicted octanol–water partition coefficient (Wildman–Crippen LogP) is 11.2. The van der Waals surface area contributed by atoms with Crippen molar-refractivity contribution in [2.24, 2.45) is 0 Å². The molecule has 0 heterocycles. The van der Waals surface area contributed by atoms with E-state index in [1.165, 1.54) is 77.0 Å². The lowest BCUT2D eigenvalue weighted by atomic mass is 10.1. The summed E-state index contributed by atoms with van der Waals surface area (Å²) in [6.07, 6.45) is 28.2. The monoisotopic (exact) mass is 757 g/mol. The number of aliphatic hydroxyl groups is 1. The molecule has 0 aromatic rings. The van der Waals surface area contributed by atoms with E-state index in [2.05, 4.69) is 32.6 Å². The zero-order chi connectivity index (χ0) is 38.9. The Morgan fingerprint density at radius 2 is 0.868 bits per heavy atom. The summed E-state index contributed by atoms with van der Waals surface area (Å²) in [5.74, 6) is -0.181. The van der Waals surface area contributed by atoms with Crippen molar-refractivity contribution in [1.29, 1.82) is 0 Å². The van der Waals surface area contributed by atoms with Gasteiger partial charge in [0.1, 0.15) is 0 Å². The van der Waals surface area contributed by atoms with Crippen molar-refractivity contribution in [3.63, 3.8) is 0 Å². The van der Waals surface area contributed by atoms with Crippen molar-refractivity contribution in [2.45, 2.75) is 207 Å². The predicted molar refractivity (Wildman–Crippen MR) is 220 cm³/mol. The highest BCUT2D eigenvalue weighted by Gasteiger charge is 2.15. The molecular weight excluding hydrogens is 668 g/mol. The third kappa shape index (κ3) is 36.0. The fraction of sp³-hybridized carbons (Fsp3) is 0.955. The van der Waals surface area contributed by atoms with Crippen molar-refractivity contribution in [1.82, 2.24) is 9.80 Å². The molecule has 53 heavy (non-hydrogen) atoms. The second kappa shape index (κ2) is 41.7. The molecule has 0 aliphatic rings. The van der Waals surface area contributed by atoms with E-state index < -0.39 is 0 Å². The van der Waals surface area contributed by atoms with Crippen molar-refractivity contribution in [2.75, 3.05) is 65.8 Å². The zero-order valence-corrected chi connectivity index (χ0v) is 35.5. The van der Waals surface area contributed by atoms with Crippen LogP contribution >= 0.6 is 0 Å². The number of carbonyl (C=O) groups excluding carboxylic acids is 2. The van der Waals surface area contributed by atoms with Gasteiger partial charge in [-0.25, -0.2) is 4.79 Å². The van der Waals surface area contributed by atoms with Crippen LogP contribution in [0.2, 0.25) is 0 Å². The highest BCUT2D eigenvalue weighted by Crippen LogP contribution is 2.12. The van der Waals surface area contributed by atoms with E-state index in [0.29, 0.717) is 39.3 Å². The minimum Gasteiger partial charge on any atom is -0.466 e. The van der Waals surface area contributed by atoms with Crippen LogP contribution in [0.5, 0.6) is 0 Å². The summed E-state index contributed by atoms with van der Waals surface area (Å²) in [4.78, 5) is 29.7. The van der Waals surface area contributed by atoms with Gasteiger partial charge in [-0.3, -0.25) is 4.79 Å². The summed E-state index contributed by atoms with van der Waals surface area (Å²) in [7, 11) is 0. The number of aliphatic hydroxyl groups excluding tert-OH is 1. The van der Waals surface area contributed by atoms with E-state index in [9.17, 15) is 14.7 Å². The van der Waals surface area contributed by atoms with Crippen LogP contribution in [-0.2, 0) is 23.7 Å². The molecule has 0 unspecified atom stereocenters. The Balaban J connectivity index is 4.30. The SMILES string of the molecule is CCCCCCCCN(CCCCCC)C(=O)OCCCCCCN(CCCO)CCCCOC(=O)CCC(OCCCCCC)OCCCCCC. The Bertz CT molecular complexity index is 758. The van der Waals surface area contributed by atoms with Crippen LogP contribution in [0, 0.1) is 0 Å². The minimum absolute atomic E-state index is 0.135. The van der Waals surface area contributed by atoms with E-state index in [0.717, 1.165) is 116 Å². The molecule has 9 heteroatoms. The number of hydrogen-bond donors (Lipinski definition) is 1. The molecule has 0 aliphatic carbocycles. The van der Waals surface area contributed by atoms with Crippen LogP contribution in [0.4, 0.5) is 4.79 Å². The first-order chi connectivity index (χ1) is 26.0. The van der Waals surface area contributed by atoms with Crippen molar-refractivity contribution < 1.29 is 33.6 Å². The summed E-state index contributed by atoms with van der Waals surface area (Å²) in [5, 5.41) is 9.41. The highest BCUT2D eigenvalue weighted by atomic mass is 16.7. The standard InChI is InChI=1S/C44H88N2O7/c1-5-9-13-17-18-23-36-46(35-22-14-10-6-2)44(49)53-41-27-20-19-21-32-45(34-29-37-47)33-24-28-38-50-42(48)30-31-43(51-39-25-15-11-7-3)52-40-26-16-12-8-4/h43,47H,5-41H2,1-4H3. The van der Waals surface area contributed by atoms with Gasteiger partial charge in [-0.05, 0) is 70.9 Å². The fourth-order valence-electron chi connectivity index (χ4n) is 6.41. The van der Waals surface area contributed by atoms with Gasteiger partial charge < -0.3 is 33.9 Å². The Hall–Kier alpha value is -1.42. The molecule has 0 fully saturated rings. The molecule has 0 bridgehead atoms. The summed E-state index contributed by atoms with van der Waals surface area (Å²) in [5.41, 5.74) is 0. The lowest BCUT2D eigenvalue weighted by molar-refractivity contribution is -0.159. The number of unbranched alkanes of at least 4 members (excludes halogenated alkanes) is 18. The van der Waals surface area contributed by atoms with Crippen molar-refractivity contribution >= 4 is 12.1 Å². The van der Waals surface area contributed by atoms with Gasteiger partial charge in [-0.2, -0.15) is 0 Å². The second-order valence-electron chi connectivity index (χ2n) is 15.0. The molecule has 9 nitrogen and oxygen atoms in total. The van der Waals surface area contributed by atoms with E-state index in [4.69, 9.17) is 18.9 Å². The summed E-state index contributed by atoms with van der Waals surface area (Å²) in [6, 6.07) is 0. The second-order valence-corrected chi connectivity index (χ2v) is 15.0. The van der Waals surface area contributed by atoms with E-state index >= 15 is 0 Å².